The third-order valence-corrected chi connectivity index (χ3v) is 6.23. The van der Waals surface area contributed by atoms with Crippen LogP contribution in [-0.4, -0.2) is 9.97 Å². The molecule has 0 N–H and O–H groups in total. The molecule has 2 nitrogen and oxygen atoms in total. The Morgan fingerprint density at radius 1 is 0.645 bits per heavy atom. The topological polar surface area (TPSA) is 25.8 Å². The van der Waals surface area contributed by atoms with E-state index in [0.29, 0.717) is 0 Å². The minimum atomic E-state index is 0.943. The summed E-state index contributed by atoms with van der Waals surface area (Å²) in [5.74, 6) is 0. The van der Waals surface area contributed by atoms with Gasteiger partial charge in [0.15, 0.2) is 0 Å². The van der Waals surface area contributed by atoms with Crippen LogP contribution < -0.4 is 0 Å². The van der Waals surface area contributed by atoms with Crippen LogP contribution in [0.15, 0.2) is 91.0 Å². The van der Waals surface area contributed by atoms with Crippen LogP contribution in [0.5, 0.6) is 0 Å². The summed E-state index contributed by atoms with van der Waals surface area (Å²) in [7, 11) is 0. The fourth-order valence-electron chi connectivity index (χ4n) is 4.59. The molecule has 1 aliphatic rings. The van der Waals surface area contributed by atoms with E-state index in [1.54, 1.807) is 0 Å². The van der Waals surface area contributed by atoms with Crippen molar-refractivity contribution in [3.8, 4) is 33.6 Å². The van der Waals surface area contributed by atoms with Crippen LogP contribution in [-0.2, 0) is 12.8 Å². The highest BCUT2D eigenvalue weighted by molar-refractivity contribution is 5.88. The zero-order valence-electron chi connectivity index (χ0n) is 17.5. The van der Waals surface area contributed by atoms with Crippen LogP contribution in [0.4, 0.5) is 0 Å². The fraction of sp³-hybridized carbons (Fsp3) is 0.103. The first-order chi connectivity index (χ1) is 15.3. The van der Waals surface area contributed by atoms with Gasteiger partial charge in [-0.25, -0.2) is 4.98 Å². The first-order valence-electron chi connectivity index (χ1n) is 10.8. The first kappa shape index (κ1) is 18.0. The summed E-state index contributed by atoms with van der Waals surface area (Å²) in [4.78, 5) is 10.2. The van der Waals surface area contributed by atoms with E-state index in [4.69, 9.17) is 9.97 Å². The molecule has 2 heteroatoms. The maximum absolute atomic E-state index is 5.20. The van der Waals surface area contributed by atoms with E-state index < -0.39 is 0 Å². The Labute approximate surface area is 182 Å². The van der Waals surface area contributed by atoms with E-state index in [2.05, 4.69) is 91.9 Å². The number of rotatable bonds is 2. The largest absolute Gasteiger partial charge is 0.252 e. The molecule has 2 heterocycles. The van der Waals surface area contributed by atoms with Crippen LogP contribution in [0.1, 0.15) is 16.8 Å². The molecule has 0 saturated carbocycles. The molecular formula is C29H22N2. The van der Waals surface area contributed by atoms with Crippen LogP contribution in [0.3, 0.4) is 0 Å². The van der Waals surface area contributed by atoms with E-state index in [1.165, 1.54) is 27.8 Å². The highest BCUT2D eigenvalue weighted by atomic mass is 14.8. The standard InChI is InChI=1S/C29H22N2/c1-19-11-13-20(14-12-19)24-18-28(21-7-3-2-4-8-21)31-29-23(24)15-16-27-25(29)17-22-9-5-6-10-26(22)30-27/h2-14,17-18H,15-16H2,1H3. The average molecular weight is 399 g/mol. The Balaban J connectivity index is 1.64. The fourth-order valence-corrected chi connectivity index (χ4v) is 4.59. The molecule has 0 atom stereocenters. The zero-order chi connectivity index (χ0) is 20.8. The van der Waals surface area contributed by atoms with Crippen molar-refractivity contribution in [2.45, 2.75) is 19.8 Å². The summed E-state index contributed by atoms with van der Waals surface area (Å²) >= 11 is 0. The molecule has 0 amide bonds. The van der Waals surface area contributed by atoms with E-state index >= 15 is 0 Å². The maximum Gasteiger partial charge on any atom is 0.0766 e. The van der Waals surface area contributed by atoms with Gasteiger partial charge in [-0.3, -0.25) is 4.98 Å². The van der Waals surface area contributed by atoms with Crippen molar-refractivity contribution >= 4 is 10.9 Å². The molecule has 6 rings (SSSR count). The second-order valence-electron chi connectivity index (χ2n) is 8.29. The summed E-state index contributed by atoms with van der Waals surface area (Å²) in [6.07, 6.45) is 1.90. The smallest absolute Gasteiger partial charge is 0.0766 e. The number of hydrogen-bond donors (Lipinski definition) is 0. The lowest BCUT2D eigenvalue weighted by molar-refractivity contribution is 0.896. The summed E-state index contributed by atoms with van der Waals surface area (Å²) < 4.78 is 0. The SMILES string of the molecule is Cc1ccc(-c2cc(-c3ccccc3)nc3c2CCc2nc4ccccc4cc2-3)cc1. The van der Waals surface area contributed by atoms with Crippen molar-refractivity contribution in [3.05, 3.63) is 108 Å². The van der Waals surface area contributed by atoms with Crippen molar-refractivity contribution in [2.24, 2.45) is 0 Å². The highest BCUT2D eigenvalue weighted by Crippen LogP contribution is 2.40. The third-order valence-electron chi connectivity index (χ3n) is 6.23. The van der Waals surface area contributed by atoms with Crippen LogP contribution in [0, 0.1) is 6.92 Å². The predicted molar refractivity (Wildman–Crippen MR) is 128 cm³/mol. The molecule has 1 aliphatic carbocycles. The van der Waals surface area contributed by atoms with Crippen molar-refractivity contribution in [1.29, 1.82) is 0 Å². The van der Waals surface area contributed by atoms with Gasteiger partial charge in [0.1, 0.15) is 0 Å². The molecule has 2 aromatic heterocycles. The average Bonchev–Trinajstić information content (AvgIpc) is 2.83. The van der Waals surface area contributed by atoms with E-state index in [9.17, 15) is 0 Å². The minimum Gasteiger partial charge on any atom is -0.252 e. The van der Waals surface area contributed by atoms with Crippen molar-refractivity contribution in [2.75, 3.05) is 0 Å². The Morgan fingerprint density at radius 3 is 2.26 bits per heavy atom. The normalized spacial score (nSPS) is 12.4. The van der Waals surface area contributed by atoms with Gasteiger partial charge in [0.25, 0.3) is 0 Å². The number of para-hydroxylation sites is 1. The molecule has 3 aromatic carbocycles. The quantitative estimate of drug-likeness (QED) is 0.319. The number of benzene rings is 3. The van der Waals surface area contributed by atoms with Crippen LogP contribution in [0.2, 0.25) is 0 Å². The number of hydrogen-bond acceptors (Lipinski definition) is 2. The molecule has 0 saturated heterocycles. The maximum atomic E-state index is 5.20. The van der Waals surface area contributed by atoms with Gasteiger partial charge in [0.05, 0.1) is 22.6 Å². The van der Waals surface area contributed by atoms with Crippen LogP contribution >= 0.6 is 0 Å². The predicted octanol–water partition coefficient (Wildman–Crippen LogP) is 7.04. The van der Waals surface area contributed by atoms with Gasteiger partial charge in [-0.2, -0.15) is 0 Å². The lowest BCUT2D eigenvalue weighted by atomic mass is 9.85. The van der Waals surface area contributed by atoms with Gasteiger partial charge in [-0.15, -0.1) is 0 Å². The number of fused-ring (bicyclic) bond motifs is 4. The number of nitrogens with zero attached hydrogens (tertiary/aromatic N) is 2. The molecular weight excluding hydrogens is 376 g/mol. The third kappa shape index (κ3) is 3.12. The molecule has 0 fully saturated rings. The summed E-state index contributed by atoms with van der Waals surface area (Å²) in [5.41, 5.74) is 11.7. The summed E-state index contributed by atoms with van der Waals surface area (Å²) in [6, 6.07) is 32.2. The second-order valence-corrected chi connectivity index (χ2v) is 8.29. The number of pyridine rings is 2. The Morgan fingerprint density at radius 2 is 1.42 bits per heavy atom. The van der Waals surface area contributed by atoms with Gasteiger partial charge in [-0.1, -0.05) is 78.4 Å². The van der Waals surface area contributed by atoms with Crippen molar-refractivity contribution in [1.82, 2.24) is 9.97 Å². The lowest BCUT2D eigenvalue weighted by Crippen LogP contribution is -2.10. The van der Waals surface area contributed by atoms with E-state index in [-0.39, 0.29) is 0 Å². The highest BCUT2D eigenvalue weighted by Gasteiger charge is 2.24. The minimum absolute atomic E-state index is 0.943. The first-order valence-corrected chi connectivity index (χ1v) is 10.8. The Hall–Kier alpha value is -3.78. The lowest BCUT2D eigenvalue weighted by Gasteiger charge is -2.23. The van der Waals surface area contributed by atoms with Crippen LogP contribution in [0.25, 0.3) is 44.5 Å². The second kappa shape index (κ2) is 7.17. The summed E-state index contributed by atoms with van der Waals surface area (Å²) in [5, 5.41) is 1.16. The van der Waals surface area contributed by atoms with Crippen molar-refractivity contribution in [3.63, 3.8) is 0 Å². The monoisotopic (exact) mass is 398 g/mol. The zero-order valence-corrected chi connectivity index (χ0v) is 17.5. The van der Waals surface area contributed by atoms with Gasteiger partial charge in [0.2, 0.25) is 0 Å². The summed E-state index contributed by atoms with van der Waals surface area (Å²) in [6.45, 7) is 2.13. The van der Waals surface area contributed by atoms with Crippen molar-refractivity contribution < 1.29 is 0 Å². The molecule has 0 spiro atoms. The molecule has 31 heavy (non-hydrogen) atoms. The molecule has 0 radical (unpaired) electrons. The van der Waals surface area contributed by atoms with Gasteiger partial charge in [0, 0.05) is 16.5 Å². The Bertz CT molecular complexity index is 1420. The molecule has 5 aromatic rings. The van der Waals surface area contributed by atoms with Gasteiger partial charge < -0.3 is 0 Å². The Kier molecular flexibility index (Phi) is 4.17. The number of aromatic nitrogens is 2. The molecule has 0 bridgehead atoms. The van der Waals surface area contributed by atoms with Gasteiger partial charge >= 0.3 is 0 Å². The van der Waals surface area contributed by atoms with E-state index in [0.717, 1.165) is 46.4 Å². The van der Waals surface area contributed by atoms with Gasteiger partial charge in [-0.05, 0) is 54.7 Å². The van der Waals surface area contributed by atoms with E-state index in [1.807, 2.05) is 6.07 Å². The molecule has 0 unspecified atom stereocenters. The molecule has 148 valence electrons. The molecule has 0 aliphatic heterocycles. The number of aryl methyl sites for hydroxylation is 2.